The molecule has 4 rings (SSSR count). The molecule has 32 heavy (non-hydrogen) atoms. The van der Waals surface area contributed by atoms with Gasteiger partial charge in [-0.05, 0) is 72.6 Å². The molecular weight excluding hydrogens is 434 g/mol. The predicted molar refractivity (Wildman–Crippen MR) is 123 cm³/mol. The standard InChI is InChI=1S/C21H21N5O5S/c1-21(12-25-11-18(26(27)28)24-20(25)31-21)13-30-17-9-5-15(6-10-17)23-19(32)22-14-3-7-16(29-2)8-4-14/h3-11H,12-13H2,1-2H3,(H2,22,23,32)/t21-/m1/s1. The van der Waals surface area contributed by atoms with Gasteiger partial charge in [0.15, 0.2) is 10.7 Å². The van der Waals surface area contributed by atoms with Gasteiger partial charge in [0, 0.05) is 16.4 Å². The number of nitrogens with one attached hydrogen (secondary N) is 2. The average molecular weight is 455 g/mol. The van der Waals surface area contributed by atoms with E-state index in [9.17, 15) is 10.1 Å². The first-order valence-electron chi connectivity index (χ1n) is 9.69. The molecule has 0 aliphatic carbocycles. The lowest BCUT2D eigenvalue weighted by molar-refractivity contribution is -0.389. The Labute approximate surface area is 189 Å². The van der Waals surface area contributed by atoms with Crippen molar-refractivity contribution in [2.24, 2.45) is 0 Å². The first-order chi connectivity index (χ1) is 15.3. The molecule has 1 atom stereocenters. The van der Waals surface area contributed by atoms with Gasteiger partial charge in [0.25, 0.3) is 0 Å². The quantitative estimate of drug-likeness (QED) is 0.312. The molecule has 0 saturated carbocycles. The van der Waals surface area contributed by atoms with E-state index in [0.29, 0.717) is 17.4 Å². The number of benzene rings is 2. The molecule has 0 spiro atoms. The maximum absolute atomic E-state index is 10.8. The lowest BCUT2D eigenvalue weighted by Crippen LogP contribution is -2.38. The second kappa shape index (κ2) is 8.71. The molecule has 0 radical (unpaired) electrons. The smallest absolute Gasteiger partial charge is 0.415 e. The molecule has 166 valence electrons. The van der Waals surface area contributed by atoms with Gasteiger partial charge >= 0.3 is 11.8 Å². The molecule has 1 aromatic heterocycles. The molecule has 0 fully saturated rings. The van der Waals surface area contributed by atoms with Crippen molar-refractivity contribution in [3.05, 3.63) is 64.8 Å². The average Bonchev–Trinajstić information content (AvgIpc) is 3.29. The maximum Gasteiger partial charge on any atom is 0.415 e. The highest BCUT2D eigenvalue weighted by Crippen LogP contribution is 2.31. The fourth-order valence-corrected chi connectivity index (χ4v) is 3.43. The van der Waals surface area contributed by atoms with Crippen molar-refractivity contribution in [1.29, 1.82) is 0 Å². The number of hydrogen-bond donors (Lipinski definition) is 2. The lowest BCUT2D eigenvalue weighted by atomic mass is 10.1. The van der Waals surface area contributed by atoms with Gasteiger partial charge in [-0.1, -0.05) is 0 Å². The molecule has 11 heteroatoms. The molecule has 2 aromatic carbocycles. The Morgan fingerprint density at radius 3 is 2.31 bits per heavy atom. The van der Waals surface area contributed by atoms with Gasteiger partial charge in [0.05, 0.1) is 13.7 Å². The van der Waals surface area contributed by atoms with Crippen molar-refractivity contribution >= 4 is 34.5 Å². The Bertz CT molecular complexity index is 1110. The maximum atomic E-state index is 10.8. The Balaban J connectivity index is 1.27. The topological polar surface area (TPSA) is 113 Å². The Morgan fingerprint density at radius 2 is 1.78 bits per heavy atom. The number of methoxy groups -OCH3 is 1. The van der Waals surface area contributed by atoms with Gasteiger partial charge in [0.1, 0.15) is 24.3 Å². The van der Waals surface area contributed by atoms with Crippen LogP contribution < -0.4 is 24.8 Å². The largest absolute Gasteiger partial charge is 0.497 e. The Hall–Kier alpha value is -3.86. The van der Waals surface area contributed by atoms with E-state index < -0.39 is 10.5 Å². The summed E-state index contributed by atoms with van der Waals surface area (Å²) in [7, 11) is 1.62. The third kappa shape index (κ3) is 4.89. The third-order valence-corrected chi connectivity index (χ3v) is 4.97. The number of anilines is 2. The Kier molecular flexibility index (Phi) is 5.82. The van der Waals surface area contributed by atoms with Crippen LogP contribution in [0.15, 0.2) is 54.7 Å². The summed E-state index contributed by atoms with van der Waals surface area (Å²) in [5.41, 5.74) is 0.982. The minimum absolute atomic E-state index is 0.222. The normalized spacial score (nSPS) is 16.6. The number of nitro groups is 1. The zero-order chi connectivity index (χ0) is 22.7. The van der Waals surface area contributed by atoms with Crippen molar-refractivity contribution < 1.29 is 19.1 Å². The van der Waals surface area contributed by atoms with Gasteiger partial charge in [-0.25, -0.2) is 0 Å². The van der Waals surface area contributed by atoms with Crippen molar-refractivity contribution in [3.8, 4) is 17.5 Å². The highest BCUT2D eigenvalue weighted by Gasteiger charge is 2.41. The fraction of sp³-hybridized carbons (Fsp3) is 0.238. The summed E-state index contributed by atoms with van der Waals surface area (Å²) in [6, 6.07) is 15.0. The van der Waals surface area contributed by atoms with Crippen molar-refractivity contribution in [2.75, 3.05) is 24.4 Å². The molecule has 2 N–H and O–H groups in total. The molecule has 1 aliphatic rings. The molecule has 0 unspecified atom stereocenters. The minimum atomic E-state index is -0.668. The van der Waals surface area contributed by atoms with Crippen LogP contribution in [0.3, 0.4) is 0 Å². The van der Waals surface area contributed by atoms with E-state index in [1.54, 1.807) is 11.7 Å². The van der Waals surface area contributed by atoms with Crippen LogP contribution in [-0.4, -0.2) is 38.9 Å². The molecule has 0 bridgehead atoms. The summed E-state index contributed by atoms with van der Waals surface area (Å²) in [4.78, 5) is 14.1. The molecule has 2 heterocycles. The van der Waals surface area contributed by atoms with E-state index in [-0.39, 0.29) is 18.4 Å². The number of thiocarbonyl (C=S) groups is 1. The van der Waals surface area contributed by atoms with Gasteiger partial charge in [0.2, 0.25) is 0 Å². The second-order valence-electron chi connectivity index (χ2n) is 7.44. The zero-order valence-corrected chi connectivity index (χ0v) is 18.2. The van der Waals surface area contributed by atoms with E-state index in [4.69, 9.17) is 26.4 Å². The monoisotopic (exact) mass is 455 g/mol. The van der Waals surface area contributed by atoms with Crippen LogP contribution in [0.25, 0.3) is 0 Å². The molecule has 10 nitrogen and oxygen atoms in total. The number of ether oxygens (including phenoxy) is 3. The van der Waals surface area contributed by atoms with Crippen molar-refractivity contribution in [3.63, 3.8) is 0 Å². The van der Waals surface area contributed by atoms with E-state index in [1.807, 2.05) is 55.5 Å². The number of aromatic nitrogens is 2. The van der Waals surface area contributed by atoms with Crippen LogP contribution in [0, 0.1) is 10.1 Å². The zero-order valence-electron chi connectivity index (χ0n) is 17.4. The van der Waals surface area contributed by atoms with E-state index >= 15 is 0 Å². The third-order valence-electron chi connectivity index (χ3n) is 4.76. The number of rotatable bonds is 7. The van der Waals surface area contributed by atoms with E-state index in [0.717, 1.165) is 17.1 Å². The molecule has 3 aromatic rings. The van der Waals surface area contributed by atoms with Crippen LogP contribution >= 0.6 is 12.2 Å². The van der Waals surface area contributed by atoms with Crippen LogP contribution in [-0.2, 0) is 6.54 Å². The fourth-order valence-electron chi connectivity index (χ4n) is 3.19. The van der Waals surface area contributed by atoms with E-state index in [1.165, 1.54) is 6.20 Å². The number of imidazole rings is 1. The number of fused-ring (bicyclic) bond motifs is 1. The summed E-state index contributed by atoms with van der Waals surface area (Å²) >= 11 is 5.35. The van der Waals surface area contributed by atoms with Gasteiger partial charge < -0.3 is 35.0 Å². The van der Waals surface area contributed by atoms with Gasteiger partial charge in [-0.3, -0.25) is 4.57 Å². The Morgan fingerprint density at radius 1 is 1.19 bits per heavy atom. The summed E-state index contributed by atoms with van der Waals surface area (Å²) < 4.78 is 18.4. The highest BCUT2D eigenvalue weighted by atomic mass is 32.1. The minimum Gasteiger partial charge on any atom is -0.497 e. The molecule has 1 aliphatic heterocycles. The SMILES string of the molecule is COc1ccc(NC(=S)Nc2ccc(OC[C@@]3(C)Cn4cc([N+](=O)[O-])nc4O3)cc2)cc1. The van der Waals surface area contributed by atoms with Gasteiger partial charge in [-0.2, -0.15) is 0 Å². The second-order valence-corrected chi connectivity index (χ2v) is 7.85. The predicted octanol–water partition coefficient (Wildman–Crippen LogP) is 3.84. The molecule has 0 saturated heterocycles. The summed E-state index contributed by atoms with van der Waals surface area (Å²) in [5.74, 6) is 1.20. The molecular formula is C21H21N5O5S. The first-order valence-corrected chi connectivity index (χ1v) is 10.1. The summed E-state index contributed by atoms with van der Waals surface area (Å²) in [5, 5.41) is 17.5. The molecule has 0 amide bonds. The summed E-state index contributed by atoms with van der Waals surface area (Å²) in [6.45, 7) is 2.54. The van der Waals surface area contributed by atoms with Gasteiger partial charge in [-0.15, -0.1) is 0 Å². The van der Waals surface area contributed by atoms with Crippen LogP contribution in [0.2, 0.25) is 0 Å². The van der Waals surface area contributed by atoms with Crippen molar-refractivity contribution in [2.45, 2.75) is 19.1 Å². The highest BCUT2D eigenvalue weighted by molar-refractivity contribution is 7.80. The first kappa shape index (κ1) is 21.4. The van der Waals surface area contributed by atoms with Crippen molar-refractivity contribution in [1.82, 2.24) is 9.55 Å². The lowest BCUT2D eigenvalue weighted by Gasteiger charge is -2.22. The van der Waals surface area contributed by atoms with Crippen LogP contribution in [0.4, 0.5) is 17.2 Å². The van der Waals surface area contributed by atoms with E-state index in [2.05, 4.69) is 15.6 Å². The summed E-state index contributed by atoms with van der Waals surface area (Å²) in [6.07, 6.45) is 1.36. The van der Waals surface area contributed by atoms with Crippen LogP contribution in [0.5, 0.6) is 17.5 Å². The number of hydrogen-bond acceptors (Lipinski definition) is 7. The van der Waals surface area contributed by atoms with Crippen LogP contribution in [0.1, 0.15) is 6.92 Å². The number of nitrogens with zero attached hydrogens (tertiary/aromatic N) is 3.